The first-order chi connectivity index (χ1) is 20.2. The number of rotatable bonds is 7. The molecule has 0 radical (unpaired) electrons. The van der Waals surface area contributed by atoms with E-state index in [0.29, 0.717) is 9.80 Å². The molecule has 1 heterocycles. The van der Waals surface area contributed by atoms with E-state index in [4.69, 9.17) is 28.4 Å². The van der Waals surface area contributed by atoms with Crippen LogP contribution in [0.4, 0.5) is 31.1 Å². The van der Waals surface area contributed by atoms with Gasteiger partial charge in [-0.3, -0.25) is 4.79 Å². The van der Waals surface area contributed by atoms with Gasteiger partial charge in [0, 0.05) is 6.92 Å². The zero-order valence-electron chi connectivity index (χ0n) is 28.3. The van der Waals surface area contributed by atoms with Gasteiger partial charge >= 0.3 is 36.4 Å². The minimum atomic E-state index is -1.25. The summed E-state index contributed by atoms with van der Waals surface area (Å²) < 4.78 is 32.1. The van der Waals surface area contributed by atoms with Gasteiger partial charge in [-0.2, -0.15) is 15.0 Å². The molecule has 4 amide bonds. The lowest BCUT2D eigenvalue weighted by molar-refractivity contribution is -0.140. The van der Waals surface area contributed by atoms with Crippen LogP contribution in [-0.2, 0) is 28.5 Å². The summed E-state index contributed by atoms with van der Waals surface area (Å²) >= 11 is 0. The fraction of sp³-hybridized carbons (Fsp3) is 0.655. The highest BCUT2D eigenvalue weighted by molar-refractivity contribution is 6.10. The van der Waals surface area contributed by atoms with Gasteiger partial charge in [-0.1, -0.05) is 6.58 Å². The Labute approximate surface area is 263 Å². The van der Waals surface area contributed by atoms with Crippen LogP contribution in [0.3, 0.4) is 0 Å². The van der Waals surface area contributed by atoms with E-state index in [1.807, 2.05) is 0 Å². The van der Waals surface area contributed by atoms with Crippen molar-refractivity contribution in [2.75, 3.05) is 23.0 Å². The third kappa shape index (κ3) is 14.7. The standard InChI is InChI=1S/C29H45N5O11/c1-17(15-40-18(2)35)16-41-21-31-19(33(22(36)42-26(3,4)5)23(37)43-27(6,7)8)30-20(32-21)34(24(38)44-28(9,10)11)25(39)45-29(12,13)14/h1,15-16H2,2-14H3. The van der Waals surface area contributed by atoms with Crippen LogP contribution in [0.15, 0.2) is 12.2 Å². The first kappa shape index (κ1) is 38.5. The third-order valence-corrected chi connectivity index (χ3v) is 4.18. The molecule has 16 heteroatoms. The molecule has 0 saturated carbocycles. The van der Waals surface area contributed by atoms with E-state index in [2.05, 4.69) is 21.5 Å². The number of esters is 1. The lowest BCUT2D eigenvalue weighted by Gasteiger charge is -2.29. The number of nitrogens with zero attached hydrogens (tertiary/aromatic N) is 5. The summed E-state index contributed by atoms with van der Waals surface area (Å²) in [5.74, 6) is -2.03. The molecule has 0 N–H and O–H groups in total. The molecule has 1 aromatic rings. The minimum Gasteiger partial charge on any atom is -0.461 e. The van der Waals surface area contributed by atoms with Crippen molar-refractivity contribution in [3.63, 3.8) is 0 Å². The molecule has 0 aliphatic carbocycles. The van der Waals surface area contributed by atoms with Crippen molar-refractivity contribution in [1.82, 2.24) is 15.0 Å². The van der Waals surface area contributed by atoms with E-state index in [1.54, 1.807) is 83.1 Å². The second-order valence-electron chi connectivity index (χ2n) is 13.6. The molecule has 16 nitrogen and oxygen atoms in total. The highest BCUT2D eigenvalue weighted by Gasteiger charge is 2.39. The molecular weight excluding hydrogens is 594 g/mol. The van der Waals surface area contributed by atoms with Gasteiger partial charge in [-0.25, -0.2) is 19.2 Å². The summed E-state index contributed by atoms with van der Waals surface area (Å²) in [6.07, 6.45) is -5.00. The number of imide groups is 2. The number of carbonyl (C=O) groups excluding carboxylic acids is 5. The quantitative estimate of drug-likeness (QED) is 0.200. The Morgan fingerprint density at radius 1 is 0.578 bits per heavy atom. The summed E-state index contributed by atoms with van der Waals surface area (Å²) in [4.78, 5) is 77.4. The molecule has 0 atom stereocenters. The van der Waals surface area contributed by atoms with Crippen LogP contribution in [0.25, 0.3) is 0 Å². The Morgan fingerprint density at radius 3 is 1.16 bits per heavy atom. The largest absolute Gasteiger partial charge is 0.461 e. The molecule has 1 rings (SSSR count). The van der Waals surface area contributed by atoms with Gasteiger partial charge in [-0.05, 0) is 88.7 Å². The molecule has 0 spiro atoms. The molecule has 0 aliphatic heterocycles. The van der Waals surface area contributed by atoms with Crippen LogP contribution in [0.1, 0.15) is 90.0 Å². The molecule has 0 fully saturated rings. The summed E-state index contributed by atoms with van der Waals surface area (Å²) in [5, 5.41) is 0. The van der Waals surface area contributed by atoms with Crippen molar-refractivity contribution in [3.8, 4) is 6.01 Å². The normalized spacial score (nSPS) is 11.9. The van der Waals surface area contributed by atoms with Gasteiger partial charge < -0.3 is 28.4 Å². The zero-order valence-corrected chi connectivity index (χ0v) is 28.3. The topological polar surface area (TPSA) is 186 Å². The van der Waals surface area contributed by atoms with Crippen molar-refractivity contribution in [2.24, 2.45) is 0 Å². The van der Waals surface area contributed by atoms with Crippen LogP contribution in [0.2, 0.25) is 0 Å². The molecule has 252 valence electrons. The van der Waals surface area contributed by atoms with Crippen molar-refractivity contribution in [3.05, 3.63) is 12.2 Å². The van der Waals surface area contributed by atoms with Crippen LogP contribution in [0, 0.1) is 0 Å². The van der Waals surface area contributed by atoms with Gasteiger partial charge in [0.1, 0.15) is 35.6 Å². The van der Waals surface area contributed by atoms with Crippen LogP contribution in [-0.4, -0.2) is 80.9 Å². The predicted octanol–water partition coefficient (Wildman–Crippen LogP) is 5.72. The van der Waals surface area contributed by atoms with E-state index >= 15 is 0 Å². The third-order valence-electron chi connectivity index (χ3n) is 4.18. The molecule has 0 bridgehead atoms. The van der Waals surface area contributed by atoms with Gasteiger partial charge in [-0.15, -0.1) is 9.80 Å². The van der Waals surface area contributed by atoms with Gasteiger partial charge in [0.25, 0.3) is 11.9 Å². The Kier molecular flexibility index (Phi) is 12.4. The second kappa shape index (κ2) is 14.5. The van der Waals surface area contributed by atoms with E-state index in [9.17, 15) is 24.0 Å². The number of hydrogen-bond donors (Lipinski definition) is 0. The van der Waals surface area contributed by atoms with Crippen LogP contribution >= 0.6 is 0 Å². The average Bonchev–Trinajstić information content (AvgIpc) is 2.76. The zero-order chi connectivity index (χ0) is 35.1. The van der Waals surface area contributed by atoms with E-state index in [0.717, 1.165) is 0 Å². The smallest absolute Gasteiger partial charge is 0.427 e. The fourth-order valence-corrected chi connectivity index (χ4v) is 2.72. The molecule has 0 aliphatic rings. The number of carbonyl (C=O) groups is 5. The Bertz CT molecular complexity index is 1150. The molecular formula is C29H45N5O11. The molecule has 45 heavy (non-hydrogen) atoms. The minimum absolute atomic E-state index is 0.204. The summed E-state index contributed by atoms with van der Waals surface area (Å²) in [7, 11) is 0. The predicted molar refractivity (Wildman–Crippen MR) is 161 cm³/mol. The SMILES string of the molecule is C=C(COC(C)=O)COc1nc(N(C(=O)OC(C)(C)C)C(=O)OC(C)(C)C)nc(N(C(=O)OC(C)(C)C)C(=O)OC(C)(C)C)n1. The number of anilines is 2. The van der Waals surface area contributed by atoms with Crippen molar-refractivity contribution in [1.29, 1.82) is 0 Å². The Balaban J connectivity index is 3.94. The van der Waals surface area contributed by atoms with Gasteiger partial charge in [0.15, 0.2) is 0 Å². The van der Waals surface area contributed by atoms with Crippen LogP contribution < -0.4 is 14.5 Å². The monoisotopic (exact) mass is 639 g/mol. The van der Waals surface area contributed by atoms with Crippen molar-refractivity contribution in [2.45, 2.75) is 112 Å². The lowest BCUT2D eigenvalue weighted by Crippen LogP contribution is -2.46. The molecule has 0 saturated heterocycles. The average molecular weight is 640 g/mol. The first-order valence-corrected chi connectivity index (χ1v) is 13.9. The molecule has 0 aromatic carbocycles. The molecule has 0 unspecified atom stereocenters. The first-order valence-electron chi connectivity index (χ1n) is 13.9. The lowest BCUT2D eigenvalue weighted by atomic mass is 10.2. The summed E-state index contributed by atoms with van der Waals surface area (Å²) in [6.45, 7) is 23.2. The number of hydrogen-bond acceptors (Lipinski definition) is 14. The maximum absolute atomic E-state index is 13.3. The Morgan fingerprint density at radius 2 is 0.889 bits per heavy atom. The summed E-state index contributed by atoms with van der Waals surface area (Å²) in [5.41, 5.74) is -4.07. The van der Waals surface area contributed by atoms with E-state index in [1.165, 1.54) is 6.92 Å². The van der Waals surface area contributed by atoms with Gasteiger partial charge in [0.2, 0.25) is 0 Å². The van der Waals surface area contributed by atoms with E-state index < -0.39 is 70.7 Å². The number of amides is 4. The maximum Gasteiger partial charge on any atom is 0.427 e. The fourth-order valence-electron chi connectivity index (χ4n) is 2.72. The second-order valence-corrected chi connectivity index (χ2v) is 13.6. The number of ether oxygens (including phenoxy) is 6. The van der Waals surface area contributed by atoms with Crippen molar-refractivity contribution >= 4 is 42.2 Å². The highest BCUT2D eigenvalue weighted by atomic mass is 16.6. The highest BCUT2D eigenvalue weighted by Crippen LogP contribution is 2.26. The number of aromatic nitrogens is 3. The molecule has 1 aromatic heterocycles. The van der Waals surface area contributed by atoms with E-state index in [-0.39, 0.29) is 18.8 Å². The Hall–Kier alpha value is -4.50. The summed E-state index contributed by atoms with van der Waals surface area (Å²) in [6, 6.07) is -0.576. The maximum atomic E-state index is 13.3. The van der Waals surface area contributed by atoms with Crippen molar-refractivity contribution < 1.29 is 52.4 Å². The van der Waals surface area contributed by atoms with Gasteiger partial charge in [0.05, 0.1) is 0 Å². The van der Waals surface area contributed by atoms with Crippen LogP contribution in [0.5, 0.6) is 6.01 Å².